The van der Waals surface area contributed by atoms with Gasteiger partial charge in [0.2, 0.25) is 5.91 Å². The van der Waals surface area contributed by atoms with Crippen molar-refractivity contribution >= 4 is 15.7 Å². The number of amides is 1. The van der Waals surface area contributed by atoms with Gasteiger partial charge in [-0.25, -0.2) is 12.8 Å². The lowest BCUT2D eigenvalue weighted by molar-refractivity contribution is 0.1000. The first-order valence-corrected chi connectivity index (χ1v) is 6.66. The van der Waals surface area contributed by atoms with Crippen LogP contribution in [0.5, 0.6) is 0 Å². The molecule has 7 heteroatoms. The molecular weight excluding hydrogens is 247 g/mol. The van der Waals surface area contributed by atoms with E-state index in [9.17, 15) is 17.6 Å². The van der Waals surface area contributed by atoms with E-state index in [1.54, 1.807) is 0 Å². The summed E-state index contributed by atoms with van der Waals surface area (Å²) in [5, 5.41) is 0. The normalized spacial score (nSPS) is 11.4. The number of rotatable bonds is 5. The van der Waals surface area contributed by atoms with Crippen LogP contribution in [-0.4, -0.2) is 26.6 Å². The van der Waals surface area contributed by atoms with Crippen LogP contribution in [0.1, 0.15) is 15.9 Å². The minimum absolute atomic E-state index is 0.00229. The Bertz CT molecular complexity index is 528. The molecule has 5 nitrogen and oxygen atoms in total. The molecule has 1 aromatic carbocycles. The minimum atomic E-state index is -3.42. The van der Waals surface area contributed by atoms with Crippen molar-refractivity contribution in [3.63, 3.8) is 0 Å². The Labute approximate surface area is 98.5 Å². The van der Waals surface area contributed by atoms with Crippen molar-refractivity contribution < 1.29 is 17.6 Å². The number of hydrogen-bond donors (Lipinski definition) is 2. The number of halogens is 1. The monoisotopic (exact) mass is 260 g/mol. The first-order chi connectivity index (χ1) is 7.85. The summed E-state index contributed by atoms with van der Waals surface area (Å²) in [6.07, 6.45) is 0. The van der Waals surface area contributed by atoms with Crippen LogP contribution in [0.3, 0.4) is 0 Å². The van der Waals surface area contributed by atoms with Gasteiger partial charge in [-0.2, -0.15) is 0 Å². The van der Waals surface area contributed by atoms with Crippen LogP contribution in [-0.2, 0) is 15.6 Å². The van der Waals surface area contributed by atoms with Gasteiger partial charge in [0.05, 0.1) is 11.5 Å². The van der Waals surface area contributed by atoms with Gasteiger partial charge in [0.15, 0.2) is 9.84 Å². The van der Waals surface area contributed by atoms with E-state index in [2.05, 4.69) is 0 Å². The molecule has 0 spiro atoms. The van der Waals surface area contributed by atoms with Gasteiger partial charge in [0.1, 0.15) is 5.82 Å². The summed E-state index contributed by atoms with van der Waals surface area (Å²) in [6, 6.07) is 3.46. The van der Waals surface area contributed by atoms with Gasteiger partial charge < -0.3 is 11.5 Å². The first kappa shape index (κ1) is 13.6. The fraction of sp³-hybridized carbons (Fsp3) is 0.300. The van der Waals surface area contributed by atoms with E-state index in [1.807, 2.05) is 0 Å². The standard InChI is InChI=1S/C10H13FN2O3S/c11-9-5-7(10(13)14)1-2-8(9)6-17(15,16)4-3-12/h1-2,5H,3-4,6,12H2,(H2,13,14). The molecule has 94 valence electrons. The predicted octanol–water partition coefficient (Wildman–Crippen LogP) is -0.202. The van der Waals surface area contributed by atoms with Crippen molar-refractivity contribution in [3.8, 4) is 0 Å². The smallest absolute Gasteiger partial charge is 0.248 e. The lowest BCUT2D eigenvalue weighted by atomic mass is 10.1. The summed E-state index contributed by atoms with van der Waals surface area (Å²) in [7, 11) is -3.42. The first-order valence-electron chi connectivity index (χ1n) is 4.84. The van der Waals surface area contributed by atoms with Crippen molar-refractivity contribution in [2.24, 2.45) is 11.5 Å². The van der Waals surface area contributed by atoms with Gasteiger partial charge in [-0.05, 0) is 12.1 Å². The van der Waals surface area contributed by atoms with Gasteiger partial charge in [0, 0.05) is 17.7 Å². The molecular formula is C10H13FN2O3S. The molecule has 1 aromatic rings. The Morgan fingerprint density at radius 2 is 2.00 bits per heavy atom. The summed E-state index contributed by atoms with van der Waals surface area (Å²) in [5.41, 5.74) is 10.1. The number of carbonyl (C=O) groups is 1. The van der Waals surface area contributed by atoms with Crippen molar-refractivity contribution in [2.75, 3.05) is 12.3 Å². The highest BCUT2D eigenvalue weighted by atomic mass is 32.2. The predicted molar refractivity (Wildman–Crippen MR) is 61.5 cm³/mol. The molecule has 0 aliphatic carbocycles. The molecule has 0 saturated heterocycles. The van der Waals surface area contributed by atoms with Gasteiger partial charge in [0.25, 0.3) is 0 Å². The molecule has 0 aromatic heterocycles. The lowest BCUT2D eigenvalue weighted by Gasteiger charge is -2.05. The Kier molecular flexibility index (Phi) is 4.19. The van der Waals surface area contributed by atoms with Crippen LogP contribution in [0.2, 0.25) is 0 Å². The van der Waals surface area contributed by atoms with Crippen LogP contribution in [0, 0.1) is 5.82 Å². The maximum absolute atomic E-state index is 13.5. The molecule has 0 saturated carbocycles. The molecule has 0 unspecified atom stereocenters. The molecule has 0 heterocycles. The second kappa shape index (κ2) is 5.24. The number of primary amides is 1. The van der Waals surface area contributed by atoms with Gasteiger partial charge >= 0.3 is 0 Å². The highest BCUT2D eigenvalue weighted by Gasteiger charge is 2.15. The Balaban J connectivity index is 2.98. The zero-order chi connectivity index (χ0) is 13.1. The summed E-state index contributed by atoms with van der Waals surface area (Å²) in [4.78, 5) is 10.8. The summed E-state index contributed by atoms with van der Waals surface area (Å²) < 4.78 is 36.3. The minimum Gasteiger partial charge on any atom is -0.366 e. The van der Waals surface area contributed by atoms with E-state index in [-0.39, 0.29) is 23.4 Å². The number of hydrogen-bond acceptors (Lipinski definition) is 4. The number of benzene rings is 1. The number of carbonyl (C=O) groups excluding carboxylic acids is 1. The lowest BCUT2D eigenvalue weighted by Crippen LogP contribution is -2.18. The van der Waals surface area contributed by atoms with E-state index < -0.39 is 27.3 Å². The quantitative estimate of drug-likeness (QED) is 0.765. The van der Waals surface area contributed by atoms with Crippen molar-refractivity contribution in [1.29, 1.82) is 0 Å². The zero-order valence-electron chi connectivity index (χ0n) is 9.02. The third-order valence-corrected chi connectivity index (χ3v) is 3.75. The summed E-state index contributed by atoms with van der Waals surface area (Å²) in [6.45, 7) is -0.0106. The second-order valence-corrected chi connectivity index (χ2v) is 5.74. The van der Waals surface area contributed by atoms with E-state index in [4.69, 9.17) is 11.5 Å². The zero-order valence-corrected chi connectivity index (χ0v) is 9.84. The van der Waals surface area contributed by atoms with Crippen molar-refractivity contribution in [3.05, 3.63) is 35.1 Å². The molecule has 0 bridgehead atoms. The highest BCUT2D eigenvalue weighted by molar-refractivity contribution is 7.90. The Hall–Kier alpha value is -1.47. The molecule has 0 fully saturated rings. The molecule has 4 N–H and O–H groups in total. The van der Waals surface area contributed by atoms with Crippen LogP contribution in [0.25, 0.3) is 0 Å². The number of sulfone groups is 1. The molecule has 1 rings (SSSR count). The van der Waals surface area contributed by atoms with E-state index in [1.165, 1.54) is 12.1 Å². The summed E-state index contributed by atoms with van der Waals surface area (Å²) >= 11 is 0. The SMILES string of the molecule is NCCS(=O)(=O)Cc1ccc(C(N)=O)cc1F. The molecule has 0 atom stereocenters. The topological polar surface area (TPSA) is 103 Å². The molecule has 17 heavy (non-hydrogen) atoms. The average molecular weight is 260 g/mol. The van der Waals surface area contributed by atoms with Crippen LogP contribution in [0.4, 0.5) is 4.39 Å². The van der Waals surface area contributed by atoms with Crippen LogP contribution in [0.15, 0.2) is 18.2 Å². The van der Waals surface area contributed by atoms with E-state index in [0.29, 0.717) is 0 Å². The molecule has 0 aliphatic heterocycles. The maximum Gasteiger partial charge on any atom is 0.248 e. The van der Waals surface area contributed by atoms with Gasteiger partial charge in [-0.3, -0.25) is 4.79 Å². The third kappa shape index (κ3) is 3.79. The van der Waals surface area contributed by atoms with Crippen molar-refractivity contribution in [2.45, 2.75) is 5.75 Å². The maximum atomic E-state index is 13.5. The Morgan fingerprint density at radius 3 is 2.47 bits per heavy atom. The van der Waals surface area contributed by atoms with Crippen LogP contribution < -0.4 is 11.5 Å². The molecule has 0 aliphatic rings. The highest BCUT2D eigenvalue weighted by Crippen LogP contribution is 2.13. The Morgan fingerprint density at radius 1 is 1.35 bits per heavy atom. The molecule has 0 radical (unpaired) electrons. The fourth-order valence-electron chi connectivity index (χ4n) is 1.31. The third-order valence-electron chi connectivity index (χ3n) is 2.14. The largest absolute Gasteiger partial charge is 0.366 e. The van der Waals surface area contributed by atoms with Crippen molar-refractivity contribution in [1.82, 2.24) is 0 Å². The summed E-state index contributed by atoms with van der Waals surface area (Å²) in [5.74, 6) is -2.17. The second-order valence-electron chi connectivity index (χ2n) is 3.55. The van der Waals surface area contributed by atoms with Gasteiger partial charge in [-0.15, -0.1) is 0 Å². The van der Waals surface area contributed by atoms with Crippen LogP contribution >= 0.6 is 0 Å². The number of nitrogens with two attached hydrogens (primary N) is 2. The fourth-order valence-corrected chi connectivity index (χ4v) is 2.52. The average Bonchev–Trinajstić information content (AvgIpc) is 2.20. The van der Waals surface area contributed by atoms with E-state index >= 15 is 0 Å². The van der Waals surface area contributed by atoms with Gasteiger partial charge in [-0.1, -0.05) is 6.07 Å². The van der Waals surface area contributed by atoms with E-state index in [0.717, 1.165) is 6.07 Å². The molecule has 1 amide bonds.